The Morgan fingerprint density at radius 1 is 1.27 bits per heavy atom. The van der Waals surface area contributed by atoms with E-state index in [4.69, 9.17) is 0 Å². The number of hydrogen-bond donors (Lipinski definition) is 3. The van der Waals surface area contributed by atoms with Gasteiger partial charge in [0.2, 0.25) is 0 Å². The minimum Gasteiger partial charge on any atom is -0.394 e. The molecule has 26 heavy (non-hydrogen) atoms. The number of aliphatic hydroxyl groups is 3. The standard InChI is InChI=1S/C21H28O5/c1-19-7-5-13(23)9-12(19)3-4-14-15-6-8-21(26,17(25)11-22)20(15,2)10-16(24)18(14)19/h5,7,9,14-15,17-18,22,25-26H,3-4,6,8,10-11H2,1-2H3/t14-,15-,17+,18+,19?,20-,21-/m0/s1. The number of aliphatic hydroxyl groups excluding tert-OH is 2. The fourth-order valence-corrected chi connectivity index (χ4v) is 6.76. The van der Waals surface area contributed by atoms with Crippen LogP contribution in [0.2, 0.25) is 0 Å². The summed E-state index contributed by atoms with van der Waals surface area (Å²) in [6.45, 7) is 3.46. The first-order valence-electron chi connectivity index (χ1n) is 9.65. The lowest BCUT2D eigenvalue weighted by Gasteiger charge is -2.57. The average molecular weight is 360 g/mol. The number of rotatable bonds is 2. The van der Waals surface area contributed by atoms with Crippen LogP contribution in [0.3, 0.4) is 0 Å². The van der Waals surface area contributed by atoms with Crippen molar-refractivity contribution in [3.05, 3.63) is 23.8 Å². The SMILES string of the molecule is CC12C=CC(=O)C=C1CC[C@@H]1[C@@H]2C(=O)C[C@@]2(C)[C@H]1CC[C@]2(O)[C@H](O)CO. The van der Waals surface area contributed by atoms with Crippen LogP contribution in [0.4, 0.5) is 0 Å². The molecule has 1 unspecified atom stereocenters. The summed E-state index contributed by atoms with van der Waals surface area (Å²) >= 11 is 0. The lowest BCUT2D eigenvalue weighted by Crippen LogP contribution is -2.61. The van der Waals surface area contributed by atoms with Crippen molar-refractivity contribution in [1.29, 1.82) is 0 Å². The van der Waals surface area contributed by atoms with E-state index in [1.54, 1.807) is 12.2 Å². The third-order valence-corrected chi connectivity index (χ3v) is 8.20. The smallest absolute Gasteiger partial charge is 0.178 e. The molecule has 4 rings (SSSR count). The average Bonchev–Trinajstić information content (AvgIpc) is 2.86. The van der Waals surface area contributed by atoms with Gasteiger partial charge < -0.3 is 15.3 Å². The minimum absolute atomic E-state index is 0.00895. The molecule has 4 aliphatic rings. The zero-order chi connectivity index (χ0) is 18.9. The number of ketones is 2. The first kappa shape index (κ1) is 18.1. The molecule has 0 heterocycles. The predicted octanol–water partition coefficient (Wildman–Crippen LogP) is 1.56. The molecule has 0 spiro atoms. The lowest BCUT2D eigenvalue weighted by atomic mass is 9.46. The fourth-order valence-electron chi connectivity index (χ4n) is 6.76. The Balaban J connectivity index is 1.75. The van der Waals surface area contributed by atoms with Crippen LogP contribution in [0.1, 0.15) is 46.0 Å². The second kappa shape index (κ2) is 5.60. The Bertz CT molecular complexity index is 724. The summed E-state index contributed by atoms with van der Waals surface area (Å²) in [7, 11) is 0. The number of carbonyl (C=O) groups is 2. The molecule has 0 aliphatic heterocycles. The molecule has 0 bridgehead atoms. The van der Waals surface area contributed by atoms with Gasteiger partial charge in [-0.05, 0) is 49.7 Å². The van der Waals surface area contributed by atoms with Gasteiger partial charge in [-0.25, -0.2) is 0 Å². The highest BCUT2D eigenvalue weighted by Gasteiger charge is 2.67. The number of hydrogen-bond acceptors (Lipinski definition) is 5. The van der Waals surface area contributed by atoms with Crippen LogP contribution < -0.4 is 0 Å². The van der Waals surface area contributed by atoms with E-state index in [0.29, 0.717) is 6.42 Å². The second-order valence-electron chi connectivity index (χ2n) is 9.20. The molecule has 0 amide bonds. The topological polar surface area (TPSA) is 94.8 Å². The maximum atomic E-state index is 13.3. The summed E-state index contributed by atoms with van der Waals surface area (Å²) in [4.78, 5) is 25.1. The van der Waals surface area contributed by atoms with E-state index >= 15 is 0 Å². The zero-order valence-electron chi connectivity index (χ0n) is 15.4. The van der Waals surface area contributed by atoms with Crippen LogP contribution in [0.25, 0.3) is 0 Å². The highest BCUT2D eigenvalue weighted by molar-refractivity contribution is 6.01. The summed E-state index contributed by atoms with van der Waals surface area (Å²) in [5.41, 5.74) is -1.53. The molecule has 3 saturated carbocycles. The largest absolute Gasteiger partial charge is 0.394 e. The van der Waals surface area contributed by atoms with Gasteiger partial charge in [0.15, 0.2) is 5.78 Å². The molecule has 3 fully saturated rings. The van der Waals surface area contributed by atoms with Gasteiger partial charge in [0.25, 0.3) is 0 Å². The van der Waals surface area contributed by atoms with Crippen molar-refractivity contribution in [2.75, 3.05) is 6.61 Å². The van der Waals surface area contributed by atoms with Gasteiger partial charge in [0, 0.05) is 23.2 Å². The van der Waals surface area contributed by atoms with Crippen molar-refractivity contribution in [1.82, 2.24) is 0 Å². The van der Waals surface area contributed by atoms with Crippen LogP contribution in [-0.2, 0) is 9.59 Å². The van der Waals surface area contributed by atoms with Crippen molar-refractivity contribution in [3.63, 3.8) is 0 Å². The summed E-state index contributed by atoms with van der Waals surface area (Å²) in [6, 6.07) is 0. The monoisotopic (exact) mass is 360 g/mol. The minimum atomic E-state index is -1.43. The van der Waals surface area contributed by atoms with Crippen LogP contribution in [0.15, 0.2) is 23.8 Å². The Hall–Kier alpha value is -1.30. The van der Waals surface area contributed by atoms with Gasteiger partial charge in [-0.3, -0.25) is 9.59 Å². The van der Waals surface area contributed by atoms with Gasteiger partial charge >= 0.3 is 0 Å². The molecule has 0 radical (unpaired) electrons. The maximum absolute atomic E-state index is 13.3. The van der Waals surface area contributed by atoms with Crippen LogP contribution >= 0.6 is 0 Å². The third-order valence-electron chi connectivity index (χ3n) is 8.20. The molecule has 0 aromatic carbocycles. The number of Topliss-reactive ketones (excluding diaryl/α,β-unsaturated/α-hetero) is 1. The molecule has 3 N–H and O–H groups in total. The van der Waals surface area contributed by atoms with E-state index in [2.05, 4.69) is 6.92 Å². The van der Waals surface area contributed by atoms with E-state index in [9.17, 15) is 24.9 Å². The number of allylic oxidation sites excluding steroid dienone is 4. The predicted molar refractivity (Wildman–Crippen MR) is 95.0 cm³/mol. The zero-order valence-corrected chi connectivity index (χ0v) is 15.4. The maximum Gasteiger partial charge on any atom is 0.178 e. The van der Waals surface area contributed by atoms with Gasteiger partial charge in [0.05, 0.1) is 12.2 Å². The third kappa shape index (κ3) is 2.08. The van der Waals surface area contributed by atoms with Gasteiger partial charge in [0.1, 0.15) is 11.9 Å². The van der Waals surface area contributed by atoms with E-state index in [0.717, 1.165) is 24.8 Å². The van der Waals surface area contributed by atoms with Crippen molar-refractivity contribution in [2.24, 2.45) is 28.6 Å². The first-order valence-corrected chi connectivity index (χ1v) is 9.65. The molecule has 4 aliphatic carbocycles. The molecule has 5 heteroatoms. The Labute approximate surface area is 153 Å². The summed E-state index contributed by atoms with van der Waals surface area (Å²) in [5.74, 6) is 0.164. The van der Waals surface area contributed by atoms with Crippen LogP contribution in [0.5, 0.6) is 0 Å². The van der Waals surface area contributed by atoms with E-state index in [1.165, 1.54) is 0 Å². The van der Waals surface area contributed by atoms with E-state index in [-0.39, 0.29) is 35.7 Å². The van der Waals surface area contributed by atoms with Gasteiger partial charge in [-0.15, -0.1) is 0 Å². The molecule has 5 nitrogen and oxygen atoms in total. The Morgan fingerprint density at radius 2 is 2.00 bits per heavy atom. The normalized spacial score (nSPS) is 48.5. The second-order valence-corrected chi connectivity index (χ2v) is 9.20. The summed E-state index contributed by atoms with van der Waals surface area (Å²) in [6.07, 6.45) is 6.91. The van der Waals surface area contributed by atoms with Crippen LogP contribution in [-0.4, -0.2) is 45.2 Å². The first-order chi connectivity index (χ1) is 12.2. The van der Waals surface area contributed by atoms with Crippen molar-refractivity contribution in [2.45, 2.75) is 57.7 Å². The highest BCUT2D eigenvalue weighted by atomic mass is 16.4. The Morgan fingerprint density at radius 3 is 2.69 bits per heavy atom. The lowest BCUT2D eigenvalue weighted by molar-refractivity contribution is -0.186. The summed E-state index contributed by atoms with van der Waals surface area (Å²) < 4.78 is 0. The van der Waals surface area contributed by atoms with E-state index in [1.807, 2.05) is 13.0 Å². The van der Waals surface area contributed by atoms with Crippen molar-refractivity contribution >= 4 is 11.6 Å². The van der Waals surface area contributed by atoms with E-state index < -0.39 is 29.1 Å². The fraction of sp³-hybridized carbons (Fsp3) is 0.714. The number of fused-ring (bicyclic) bond motifs is 5. The van der Waals surface area contributed by atoms with Gasteiger partial charge in [-0.2, -0.15) is 0 Å². The van der Waals surface area contributed by atoms with Crippen LogP contribution in [0, 0.1) is 28.6 Å². The molecule has 0 saturated heterocycles. The molecular weight excluding hydrogens is 332 g/mol. The Kier molecular flexibility index (Phi) is 3.89. The molecule has 7 atom stereocenters. The molecular formula is C21H28O5. The highest BCUT2D eigenvalue weighted by Crippen LogP contribution is 2.66. The molecule has 142 valence electrons. The van der Waals surface area contributed by atoms with Crippen molar-refractivity contribution < 1.29 is 24.9 Å². The number of carbonyl (C=O) groups excluding carboxylic acids is 2. The summed E-state index contributed by atoms with van der Waals surface area (Å²) in [5, 5.41) is 31.0. The molecule has 0 aromatic heterocycles. The van der Waals surface area contributed by atoms with Crippen molar-refractivity contribution in [3.8, 4) is 0 Å². The molecule has 0 aromatic rings. The quantitative estimate of drug-likeness (QED) is 0.695. The van der Waals surface area contributed by atoms with Gasteiger partial charge in [-0.1, -0.05) is 25.5 Å².